The van der Waals surface area contributed by atoms with Gasteiger partial charge in [0.1, 0.15) is 0 Å². The monoisotopic (exact) mass is 547 g/mol. The molecule has 0 radical (unpaired) electrons. The average Bonchev–Trinajstić information content (AvgIpc) is 2.98. The molecule has 4 atom stereocenters. The van der Waals surface area contributed by atoms with Gasteiger partial charge in [-0.05, 0) is 43.2 Å². The van der Waals surface area contributed by atoms with E-state index >= 15 is 0 Å². The van der Waals surface area contributed by atoms with E-state index in [1.807, 2.05) is 85.5 Å². The zero-order valence-corrected chi connectivity index (χ0v) is 23.8. The summed E-state index contributed by atoms with van der Waals surface area (Å²) in [6.45, 7) is 5.34. The van der Waals surface area contributed by atoms with Crippen LogP contribution in [0.1, 0.15) is 44.2 Å². The Balaban J connectivity index is 1.98. The minimum absolute atomic E-state index is 0.0930. The number of benzene rings is 2. The number of amides is 2. The summed E-state index contributed by atoms with van der Waals surface area (Å²) in [5.74, 6) is -1.21. The molecule has 1 aliphatic carbocycles. The van der Waals surface area contributed by atoms with Gasteiger partial charge in [0, 0.05) is 37.2 Å². The molecule has 1 aliphatic rings. The lowest BCUT2D eigenvalue weighted by molar-refractivity contribution is -0.145. The standard InChI is InChI=1S/C33H45N3O4/c1-3-18-36(19-4-2)32(40)33(17-11-16-27(22-33)31(34)39)29(21-26-14-9-6-10-15-26)30(38)23-35-28(24-37)20-25-12-7-5-8-13-25/h5-17,28-30,35,37-38H,3-4,18-24H2,1-2H3,(H2,34,39)/t28-,29-,30+,33?/m1/s1. The Hall–Kier alpha value is -3.26. The molecule has 5 N–H and O–H groups in total. The van der Waals surface area contributed by atoms with Crippen LogP contribution in [0, 0.1) is 11.3 Å². The largest absolute Gasteiger partial charge is 0.395 e. The summed E-state index contributed by atoms with van der Waals surface area (Å²) in [7, 11) is 0. The van der Waals surface area contributed by atoms with Crippen LogP contribution in [0.2, 0.25) is 0 Å². The molecule has 7 nitrogen and oxygen atoms in total. The minimum Gasteiger partial charge on any atom is -0.395 e. The highest BCUT2D eigenvalue weighted by Gasteiger charge is 2.49. The highest BCUT2D eigenvalue weighted by atomic mass is 16.3. The number of rotatable bonds is 16. The molecule has 2 aromatic rings. The third-order valence-corrected chi connectivity index (χ3v) is 7.75. The van der Waals surface area contributed by atoms with Gasteiger partial charge in [0.15, 0.2) is 0 Å². The number of hydrogen-bond donors (Lipinski definition) is 4. The van der Waals surface area contributed by atoms with Crippen molar-refractivity contribution in [1.82, 2.24) is 10.2 Å². The second-order valence-corrected chi connectivity index (χ2v) is 10.8. The maximum absolute atomic E-state index is 14.5. The molecule has 40 heavy (non-hydrogen) atoms. The topological polar surface area (TPSA) is 116 Å². The highest BCUT2D eigenvalue weighted by Crippen LogP contribution is 2.44. The van der Waals surface area contributed by atoms with Crippen LogP contribution in [0.5, 0.6) is 0 Å². The smallest absolute Gasteiger partial charge is 0.244 e. The van der Waals surface area contributed by atoms with E-state index in [9.17, 15) is 19.8 Å². The summed E-state index contributed by atoms with van der Waals surface area (Å²) in [4.78, 5) is 28.7. The fourth-order valence-electron chi connectivity index (χ4n) is 5.71. The summed E-state index contributed by atoms with van der Waals surface area (Å²) >= 11 is 0. The van der Waals surface area contributed by atoms with E-state index in [-0.39, 0.29) is 31.5 Å². The molecule has 0 spiro atoms. The van der Waals surface area contributed by atoms with Gasteiger partial charge in [-0.1, -0.05) is 92.7 Å². The van der Waals surface area contributed by atoms with E-state index in [0.29, 0.717) is 31.5 Å². The molecule has 7 heteroatoms. The van der Waals surface area contributed by atoms with Crippen molar-refractivity contribution < 1.29 is 19.8 Å². The molecule has 3 rings (SSSR count). The number of allylic oxidation sites excluding steroid dienone is 2. The number of aliphatic hydroxyl groups excluding tert-OH is 2. The van der Waals surface area contributed by atoms with Gasteiger partial charge in [-0.25, -0.2) is 0 Å². The Kier molecular flexibility index (Phi) is 12.1. The molecule has 0 bridgehead atoms. The molecule has 2 aromatic carbocycles. The van der Waals surface area contributed by atoms with Gasteiger partial charge in [-0.3, -0.25) is 9.59 Å². The first-order chi connectivity index (χ1) is 19.3. The Bertz CT molecular complexity index is 1130. The van der Waals surface area contributed by atoms with Crippen LogP contribution in [-0.2, 0) is 22.4 Å². The van der Waals surface area contributed by atoms with Crippen LogP contribution >= 0.6 is 0 Å². The lowest BCUT2D eigenvalue weighted by Crippen LogP contribution is -2.54. The minimum atomic E-state index is -1.16. The Morgan fingerprint density at radius 3 is 2.08 bits per heavy atom. The zero-order chi connectivity index (χ0) is 29.0. The SMILES string of the molecule is CCCN(CCC)C(=O)C1([C@H](Cc2ccccc2)[C@@H](O)CN[C@@H](CO)Cc2ccccc2)C=CC=C(C(N)=O)C1. The number of aliphatic hydroxyl groups is 2. The van der Waals surface area contributed by atoms with Crippen molar-refractivity contribution in [3.63, 3.8) is 0 Å². The first kappa shape index (κ1) is 31.3. The fourth-order valence-corrected chi connectivity index (χ4v) is 5.71. The van der Waals surface area contributed by atoms with Crippen LogP contribution in [0.4, 0.5) is 0 Å². The molecule has 0 aliphatic heterocycles. The van der Waals surface area contributed by atoms with Gasteiger partial charge in [-0.2, -0.15) is 0 Å². The van der Waals surface area contributed by atoms with E-state index in [1.54, 1.807) is 12.2 Å². The zero-order valence-electron chi connectivity index (χ0n) is 23.8. The van der Waals surface area contributed by atoms with Crippen molar-refractivity contribution in [3.05, 3.63) is 95.6 Å². The van der Waals surface area contributed by atoms with Crippen LogP contribution < -0.4 is 11.1 Å². The van der Waals surface area contributed by atoms with Crippen molar-refractivity contribution in [2.75, 3.05) is 26.2 Å². The van der Waals surface area contributed by atoms with Gasteiger partial charge in [0.2, 0.25) is 11.8 Å². The van der Waals surface area contributed by atoms with Crippen molar-refractivity contribution in [3.8, 4) is 0 Å². The number of hydrogen-bond acceptors (Lipinski definition) is 5. The number of nitrogens with two attached hydrogens (primary N) is 1. The summed E-state index contributed by atoms with van der Waals surface area (Å²) in [6, 6.07) is 19.4. The van der Waals surface area contributed by atoms with Crippen LogP contribution in [0.25, 0.3) is 0 Å². The predicted octanol–water partition coefficient (Wildman–Crippen LogP) is 3.41. The molecular formula is C33H45N3O4. The van der Waals surface area contributed by atoms with Crippen LogP contribution in [0.3, 0.4) is 0 Å². The first-order valence-corrected chi connectivity index (χ1v) is 14.4. The van der Waals surface area contributed by atoms with Gasteiger partial charge in [0.05, 0.1) is 18.1 Å². The quantitative estimate of drug-likeness (QED) is 0.257. The average molecular weight is 548 g/mol. The van der Waals surface area contributed by atoms with E-state index in [2.05, 4.69) is 5.32 Å². The predicted molar refractivity (Wildman–Crippen MR) is 159 cm³/mol. The second kappa shape index (κ2) is 15.5. The van der Waals surface area contributed by atoms with Crippen molar-refractivity contribution in [2.24, 2.45) is 17.1 Å². The maximum atomic E-state index is 14.5. The van der Waals surface area contributed by atoms with Crippen molar-refractivity contribution in [2.45, 2.75) is 58.1 Å². The Morgan fingerprint density at radius 2 is 1.55 bits per heavy atom. The third kappa shape index (κ3) is 8.13. The van der Waals surface area contributed by atoms with E-state index in [4.69, 9.17) is 5.73 Å². The first-order valence-electron chi connectivity index (χ1n) is 14.4. The van der Waals surface area contributed by atoms with E-state index < -0.39 is 23.3 Å². The van der Waals surface area contributed by atoms with Crippen molar-refractivity contribution in [1.29, 1.82) is 0 Å². The van der Waals surface area contributed by atoms with Crippen LogP contribution in [0.15, 0.2) is 84.5 Å². The van der Waals surface area contributed by atoms with Gasteiger partial charge in [0.25, 0.3) is 0 Å². The lowest BCUT2D eigenvalue weighted by atomic mass is 9.63. The molecule has 0 aromatic heterocycles. The molecule has 0 heterocycles. The normalized spacial score (nSPS) is 18.9. The number of nitrogens with zero attached hydrogens (tertiary/aromatic N) is 1. The molecule has 0 saturated heterocycles. The Labute approximate surface area is 238 Å². The molecule has 0 saturated carbocycles. The number of nitrogens with one attached hydrogen (secondary N) is 1. The van der Waals surface area contributed by atoms with Crippen molar-refractivity contribution >= 4 is 11.8 Å². The lowest BCUT2D eigenvalue weighted by Gasteiger charge is -2.44. The highest BCUT2D eigenvalue weighted by molar-refractivity contribution is 5.95. The summed E-state index contributed by atoms with van der Waals surface area (Å²) < 4.78 is 0. The molecular weight excluding hydrogens is 502 g/mol. The number of carbonyl (C=O) groups is 2. The van der Waals surface area contributed by atoms with E-state index in [1.165, 1.54) is 0 Å². The maximum Gasteiger partial charge on any atom is 0.244 e. The third-order valence-electron chi connectivity index (χ3n) is 7.75. The Morgan fingerprint density at radius 1 is 0.975 bits per heavy atom. The molecule has 0 fully saturated rings. The molecule has 2 amide bonds. The molecule has 1 unspecified atom stereocenters. The fraction of sp³-hybridized carbons (Fsp3) is 0.455. The van der Waals surface area contributed by atoms with Crippen LogP contribution in [-0.4, -0.2) is 65.3 Å². The summed E-state index contributed by atoms with van der Waals surface area (Å²) in [6.07, 6.45) is 7.09. The summed E-state index contributed by atoms with van der Waals surface area (Å²) in [5, 5.41) is 25.2. The van der Waals surface area contributed by atoms with Gasteiger partial charge in [-0.15, -0.1) is 0 Å². The molecule has 216 valence electrons. The number of carbonyl (C=O) groups excluding carboxylic acids is 2. The summed E-state index contributed by atoms with van der Waals surface area (Å²) in [5.41, 5.74) is 7.02. The second-order valence-electron chi connectivity index (χ2n) is 10.8. The van der Waals surface area contributed by atoms with E-state index in [0.717, 1.165) is 24.0 Å². The number of primary amides is 1. The van der Waals surface area contributed by atoms with Gasteiger partial charge >= 0.3 is 0 Å². The van der Waals surface area contributed by atoms with Gasteiger partial charge < -0.3 is 26.2 Å².